The van der Waals surface area contributed by atoms with Gasteiger partial charge in [-0.2, -0.15) is 0 Å². The summed E-state index contributed by atoms with van der Waals surface area (Å²) in [5, 5.41) is 0. The predicted octanol–water partition coefficient (Wildman–Crippen LogP) is 4.42. The maximum Gasteiger partial charge on any atom is 0.342 e. The van der Waals surface area contributed by atoms with Crippen molar-refractivity contribution < 1.29 is 14.3 Å². The first-order valence-electron chi connectivity index (χ1n) is 7.71. The fourth-order valence-electron chi connectivity index (χ4n) is 2.24. The molecule has 0 saturated carbocycles. The molecule has 0 spiro atoms. The zero-order chi connectivity index (χ0) is 16.6. The average Bonchev–Trinajstić information content (AvgIpc) is 2.66. The van der Waals surface area contributed by atoms with Gasteiger partial charge in [0.15, 0.2) is 0 Å². The van der Waals surface area contributed by atoms with Crippen LogP contribution in [0.15, 0.2) is 78.9 Å². The first-order chi connectivity index (χ1) is 11.8. The van der Waals surface area contributed by atoms with Crippen LogP contribution >= 0.6 is 0 Å². The van der Waals surface area contributed by atoms with E-state index in [-0.39, 0.29) is 6.61 Å². The van der Waals surface area contributed by atoms with Crippen LogP contribution in [-0.4, -0.2) is 5.97 Å². The molecular weight excluding hydrogens is 300 g/mol. The first kappa shape index (κ1) is 15.8. The minimum Gasteiger partial charge on any atom is -0.488 e. The monoisotopic (exact) mass is 317 g/mol. The van der Waals surface area contributed by atoms with Crippen LogP contribution in [-0.2, 0) is 18.0 Å². The molecule has 3 aromatic rings. The van der Waals surface area contributed by atoms with E-state index in [2.05, 4.69) is 6.07 Å². The zero-order valence-corrected chi connectivity index (χ0v) is 13.1. The number of carbonyl (C=O) groups excluding carboxylic acids is 1. The largest absolute Gasteiger partial charge is 0.488 e. The van der Waals surface area contributed by atoms with Crippen molar-refractivity contribution in [3.8, 4) is 5.75 Å². The number of ether oxygens (including phenoxy) is 2. The Kier molecular flexibility index (Phi) is 5.25. The lowest BCUT2D eigenvalue weighted by molar-refractivity contribution is 0.0467. The second-order valence-electron chi connectivity index (χ2n) is 5.26. The van der Waals surface area contributed by atoms with Gasteiger partial charge in [0.25, 0.3) is 0 Å². The van der Waals surface area contributed by atoms with Crippen molar-refractivity contribution in [2.75, 3.05) is 0 Å². The maximum absolute atomic E-state index is 12.3. The SMILES string of the molecule is O=C(OCc1ccccc1)c1c[c]ccc1OCc1ccccc1. The Labute approximate surface area is 141 Å². The smallest absolute Gasteiger partial charge is 0.342 e. The van der Waals surface area contributed by atoms with Gasteiger partial charge in [-0.05, 0) is 29.3 Å². The van der Waals surface area contributed by atoms with Gasteiger partial charge in [0, 0.05) is 0 Å². The molecule has 3 nitrogen and oxygen atoms in total. The van der Waals surface area contributed by atoms with Gasteiger partial charge in [-0.1, -0.05) is 66.7 Å². The number of rotatable bonds is 6. The van der Waals surface area contributed by atoms with E-state index in [1.54, 1.807) is 18.2 Å². The summed E-state index contributed by atoms with van der Waals surface area (Å²) in [6.07, 6.45) is 0. The van der Waals surface area contributed by atoms with E-state index in [0.717, 1.165) is 11.1 Å². The predicted molar refractivity (Wildman–Crippen MR) is 91.6 cm³/mol. The van der Waals surface area contributed by atoms with Crippen molar-refractivity contribution in [2.24, 2.45) is 0 Å². The van der Waals surface area contributed by atoms with Gasteiger partial charge >= 0.3 is 5.97 Å². The Hall–Kier alpha value is -3.07. The summed E-state index contributed by atoms with van der Waals surface area (Å²) in [6.45, 7) is 0.622. The summed E-state index contributed by atoms with van der Waals surface area (Å²) in [7, 11) is 0. The van der Waals surface area contributed by atoms with Gasteiger partial charge < -0.3 is 9.47 Å². The van der Waals surface area contributed by atoms with E-state index in [9.17, 15) is 4.79 Å². The van der Waals surface area contributed by atoms with Crippen LogP contribution in [0.5, 0.6) is 5.75 Å². The molecule has 1 radical (unpaired) electrons. The molecule has 0 N–H and O–H groups in total. The highest BCUT2D eigenvalue weighted by molar-refractivity contribution is 5.92. The van der Waals surface area contributed by atoms with Gasteiger partial charge in [0.05, 0.1) is 0 Å². The van der Waals surface area contributed by atoms with Crippen LogP contribution in [0.1, 0.15) is 21.5 Å². The summed E-state index contributed by atoms with van der Waals surface area (Å²) in [5.74, 6) is 0.0782. The molecule has 24 heavy (non-hydrogen) atoms. The van der Waals surface area contributed by atoms with E-state index in [1.807, 2.05) is 60.7 Å². The Morgan fingerprint density at radius 3 is 2.12 bits per heavy atom. The summed E-state index contributed by atoms with van der Waals surface area (Å²) >= 11 is 0. The molecule has 119 valence electrons. The number of hydrogen-bond acceptors (Lipinski definition) is 3. The normalized spacial score (nSPS) is 10.2. The van der Waals surface area contributed by atoms with Crippen molar-refractivity contribution in [1.29, 1.82) is 0 Å². The standard InChI is InChI=1S/C21H17O3/c22-21(24-16-18-11-5-2-6-12-18)19-13-7-8-14-20(19)23-15-17-9-3-1-4-10-17/h1-6,8-14H,15-16H2. The molecule has 0 aliphatic heterocycles. The number of esters is 1. The van der Waals surface area contributed by atoms with Gasteiger partial charge in [-0.3, -0.25) is 0 Å². The van der Waals surface area contributed by atoms with Crippen molar-refractivity contribution in [3.63, 3.8) is 0 Å². The quantitative estimate of drug-likeness (QED) is 0.631. The minimum atomic E-state index is -0.418. The van der Waals surface area contributed by atoms with E-state index < -0.39 is 5.97 Å². The van der Waals surface area contributed by atoms with Crippen LogP contribution in [0.2, 0.25) is 0 Å². The molecular formula is C21H17O3. The fourth-order valence-corrected chi connectivity index (χ4v) is 2.24. The van der Waals surface area contributed by atoms with Crippen LogP contribution in [0.3, 0.4) is 0 Å². The Balaban J connectivity index is 1.65. The molecule has 0 saturated heterocycles. The van der Waals surface area contributed by atoms with Crippen molar-refractivity contribution in [2.45, 2.75) is 13.2 Å². The van der Waals surface area contributed by atoms with Crippen molar-refractivity contribution in [3.05, 3.63) is 102 Å². The van der Waals surface area contributed by atoms with Crippen molar-refractivity contribution >= 4 is 5.97 Å². The van der Waals surface area contributed by atoms with Gasteiger partial charge in [0.1, 0.15) is 24.5 Å². The second-order valence-corrected chi connectivity index (χ2v) is 5.26. The number of hydrogen-bond donors (Lipinski definition) is 0. The average molecular weight is 317 g/mol. The molecule has 0 unspecified atom stereocenters. The number of benzene rings is 3. The molecule has 0 bridgehead atoms. The van der Waals surface area contributed by atoms with Crippen LogP contribution in [0, 0.1) is 6.07 Å². The van der Waals surface area contributed by atoms with Crippen LogP contribution < -0.4 is 4.74 Å². The lowest BCUT2D eigenvalue weighted by Crippen LogP contribution is -2.08. The lowest BCUT2D eigenvalue weighted by Gasteiger charge is -2.11. The van der Waals surface area contributed by atoms with Gasteiger partial charge in [-0.25, -0.2) is 4.79 Å². The molecule has 3 aromatic carbocycles. The Morgan fingerprint density at radius 1 is 0.833 bits per heavy atom. The second kappa shape index (κ2) is 7.97. The molecule has 0 aliphatic rings. The van der Waals surface area contributed by atoms with E-state index in [0.29, 0.717) is 17.9 Å². The fraction of sp³-hybridized carbons (Fsp3) is 0.0952. The summed E-state index contributed by atoms with van der Waals surface area (Å²) < 4.78 is 11.1. The summed E-state index contributed by atoms with van der Waals surface area (Å²) in [6, 6.07) is 27.3. The topological polar surface area (TPSA) is 35.5 Å². The molecule has 0 amide bonds. The summed E-state index contributed by atoms with van der Waals surface area (Å²) in [5.41, 5.74) is 2.36. The molecule has 3 rings (SSSR count). The van der Waals surface area contributed by atoms with Gasteiger partial charge in [0.2, 0.25) is 0 Å². The summed E-state index contributed by atoms with van der Waals surface area (Å²) in [4.78, 5) is 12.3. The molecule has 0 aromatic heterocycles. The number of carbonyl (C=O) groups is 1. The molecule has 3 heteroatoms. The highest BCUT2D eigenvalue weighted by Gasteiger charge is 2.14. The minimum absolute atomic E-state index is 0.229. The lowest BCUT2D eigenvalue weighted by atomic mass is 10.2. The van der Waals surface area contributed by atoms with Crippen LogP contribution in [0.25, 0.3) is 0 Å². The molecule has 0 aliphatic carbocycles. The zero-order valence-electron chi connectivity index (χ0n) is 13.1. The Bertz CT molecular complexity index is 782. The molecule has 0 heterocycles. The molecule has 0 fully saturated rings. The third-order valence-electron chi connectivity index (χ3n) is 3.49. The van der Waals surface area contributed by atoms with Gasteiger partial charge in [-0.15, -0.1) is 0 Å². The van der Waals surface area contributed by atoms with E-state index in [4.69, 9.17) is 9.47 Å². The Morgan fingerprint density at radius 2 is 1.46 bits per heavy atom. The third-order valence-corrected chi connectivity index (χ3v) is 3.49. The van der Waals surface area contributed by atoms with Crippen LogP contribution in [0.4, 0.5) is 0 Å². The van der Waals surface area contributed by atoms with E-state index >= 15 is 0 Å². The molecule has 0 atom stereocenters. The third kappa shape index (κ3) is 4.23. The van der Waals surface area contributed by atoms with Crippen molar-refractivity contribution in [1.82, 2.24) is 0 Å². The highest BCUT2D eigenvalue weighted by atomic mass is 16.5. The first-order valence-corrected chi connectivity index (χ1v) is 7.71. The van der Waals surface area contributed by atoms with E-state index in [1.165, 1.54) is 0 Å². The highest BCUT2D eigenvalue weighted by Crippen LogP contribution is 2.20. The maximum atomic E-state index is 12.3.